The average Bonchev–Trinajstić information content (AvgIpc) is 2.34. The Labute approximate surface area is 169 Å². The number of esters is 1. The summed E-state index contributed by atoms with van der Waals surface area (Å²) in [5.74, 6) is -2.40. The maximum Gasteiger partial charge on any atom is 0.393 e. The molecule has 1 N–H and O–H groups in total. The van der Waals surface area contributed by atoms with Crippen LogP contribution in [0.4, 0.5) is 8.78 Å². The smallest absolute Gasteiger partial charge is 0.393 e. The van der Waals surface area contributed by atoms with E-state index in [1.54, 1.807) is 20.8 Å². The van der Waals surface area contributed by atoms with E-state index in [4.69, 9.17) is 14.6 Å². The summed E-state index contributed by atoms with van der Waals surface area (Å²) in [7, 11) is 0. The summed E-state index contributed by atoms with van der Waals surface area (Å²) in [5, 5.41) is 4.56. The summed E-state index contributed by atoms with van der Waals surface area (Å²) in [4.78, 5) is 22.3. The molecule has 0 saturated carbocycles. The molecule has 0 bridgehead atoms. The molecule has 1 aromatic rings. The van der Waals surface area contributed by atoms with Gasteiger partial charge in [0.1, 0.15) is 11.4 Å². The van der Waals surface area contributed by atoms with Gasteiger partial charge in [-0.25, -0.2) is 9.59 Å². The minimum atomic E-state index is -3.93. The first-order valence-electron chi connectivity index (χ1n) is 6.46. The van der Waals surface area contributed by atoms with Crippen LogP contribution < -0.4 is 4.74 Å². The number of hydrogen-bond donors (Lipinski definition) is 1. The fourth-order valence-corrected chi connectivity index (χ4v) is 4.67. The van der Waals surface area contributed by atoms with Crippen LogP contribution in [-0.2, 0) is 14.3 Å². The van der Waals surface area contributed by atoms with Crippen LogP contribution in [0.5, 0.6) is 5.75 Å². The molecule has 1 aromatic carbocycles. The van der Waals surface area contributed by atoms with E-state index >= 15 is 0 Å². The van der Waals surface area contributed by atoms with Gasteiger partial charge in [0.2, 0.25) is 0 Å². The summed E-state index contributed by atoms with van der Waals surface area (Å²) in [5.41, 5.74) is -0.635. The van der Waals surface area contributed by atoms with Crippen LogP contribution >= 0.6 is 56.9 Å². The molecule has 0 atom stereocenters. The highest BCUT2D eigenvalue weighted by Gasteiger charge is 2.40. The Morgan fingerprint density at radius 3 is 2.12 bits per heavy atom. The normalized spacial score (nSPS) is 12.0. The van der Waals surface area contributed by atoms with Gasteiger partial charge in [0.15, 0.2) is 6.61 Å². The molecule has 0 spiro atoms. The summed E-state index contributed by atoms with van der Waals surface area (Å²) in [6, 6.07) is 2.74. The molecule has 134 valence electrons. The average molecular weight is 586 g/mol. The fraction of sp³-hybridized carbons (Fsp3) is 0.429. The number of thioether (sulfide) groups is 1. The molecule has 1 rings (SSSR count). The van der Waals surface area contributed by atoms with Crippen molar-refractivity contribution in [3.63, 3.8) is 0 Å². The Morgan fingerprint density at radius 2 is 1.71 bits per heavy atom. The first-order chi connectivity index (χ1) is 10.8. The molecule has 0 radical (unpaired) electrons. The van der Waals surface area contributed by atoms with Crippen LogP contribution in [0.3, 0.4) is 0 Å². The van der Waals surface area contributed by atoms with E-state index in [0.717, 1.165) is 0 Å². The molecule has 0 aliphatic rings. The van der Waals surface area contributed by atoms with Crippen molar-refractivity contribution < 1.29 is 33.0 Å². The first-order valence-corrected chi connectivity index (χ1v) is 9.43. The summed E-state index contributed by atoms with van der Waals surface area (Å²) in [6.07, 6.45) is 0. The third-order valence-corrected chi connectivity index (χ3v) is 4.73. The zero-order valence-electron chi connectivity index (χ0n) is 12.9. The van der Waals surface area contributed by atoms with Crippen molar-refractivity contribution >= 4 is 68.9 Å². The highest BCUT2D eigenvalue weighted by molar-refractivity contribution is 14.1. The second-order valence-corrected chi connectivity index (χ2v) is 9.03. The summed E-state index contributed by atoms with van der Waals surface area (Å²) < 4.78 is 38.0. The number of rotatable bonds is 6. The van der Waals surface area contributed by atoms with Gasteiger partial charge in [-0.15, -0.1) is 0 Å². The van der Waals surface area contributed by atoms with Crippen LogP contribution in [0.25, 0.3) is 0 Å². The van der Waals surface area contributed by atoms with Gasteiger partial charge in [0.25, 0.3) is 0 Å². The predicted octanol–water partition coefficient (Wildman–Crippen LogP) is 4.39. The highest BCUT2D eigenvalue weighted by Crippen LogP contribution is 2.40. The van der Waals surface area contributed by atoms with Crippen LogP contribution in [0, 0.1) is 7.14 Å². The van der Waals surface area contributed by atoms with Gasteiger partial charge in [0.05, 0.1) is 7.14 Å². The number of carboxylic acid groups (broad SMARTS) is 1. The molecule has 0 unspecified atom stereocenters. The van der Waals surface area contributed by atoms with E-state index in [1.807, 2.05) is 45.2 Å². The number of carboxylic acids is 1. The number of carbonyl (C=O) groups excluding carboxylic acids is 1. The van der Waals surface area contributed by atoms with Crippen molar-refractivity contribution in [1.29, 1.82) is 0 Å². The van der Waals surface area contributed by atoms with Crippen LogP contribution in [0.15, 0.2) is 17.0 Å². The topological polar surface area (TPSA) is 72.8 Å². The molecule has 10 heteroatoms. The zero-order valence-corrected chi connectivity index (χ0v) is 18.0. The quantitative estimate of drug-likeness (QED) is 0.303. The zero-order chi connectivity index (χ0) is 18.7. The van der Waals surface area contributed by atoms with Crippen molar-refractivity contribution in [3.8, 4) is 5.75 Å². The number of aliphatic carboxylic acids is 1. The van der Waals surface area contributed by atoms with Gasteiger partial charge in [0, 0.05) is 4.90 Å². The van der Waals surface area contributed by atoms with E-state index in [9.17, 15) is 18.4 Å². The molecular formula is C14H14F2I2O5S. The number of benzene rings is 1. The second-order valence-electron chi connectivity index (χ2n) is 5.52. The van der Waals surface area contributed by atoms with Crippen molar-refractivity contribution in [1.82, 2.24) is 0 Å². The SMILES string of the molecule is CC(C)(C)OC(=O)COc1c(I)cc(SC(F)(F)C(=O)O)cc1I. The molecule has 0 heterocycles. The van der Waals surface area contributed by atoms with Gasteiger partial charge in [-0.2, -0.15) is 8.78 Å². The molecule has 0 saturated heterocycles. The third kappa shape index (κ3) is 6.86. The number of carbonyl (C=O) groups is 2. The van der Waals surface area contributed by atoms with Gasteiger partial charge >= 0.3 is 17.2 Å². The maximum absolute atomic E-state index is 13.3. The van der Waals surface area contributed by atoms with Crippen LogP contribution in [0.1, 0.15) is 20.8 Å². The van der Waals surface area contributed by atoms with Crippen molar-refractivity contribution in [2.75, 3.05) is 6.61 Å². The Balaban J connectivity index is 2.85. The Hall–Kier alpha value is -0.370. The summed E-state index contributed by atoms with van der Waals surface area (Å²) >= 11 is 3.67. The second kappa shape index (κ2) is 8.34. The van der Waals surface area contributed by atoms with E-state index < -0.39 is 22.8 Å². The molecule has 0 aromatic heterocycles. The van der Waals surface area contributed by atoms with Crippen molar-refractivity contribution in [2.45, 2.75) is 36.5 Å². The van der Waals surface area contributed by atoms with Crippen LogP contribution in [-0.4, -0.2) is 34.5 Å². The Morgan fingerprint density at radius 1 is 1.21 bits per heavy atom. The van der Waals surface area contributed by atoms with Crippen LogP contribution in [0.2, 0.25) is 0 Å². The third-order valence-electron chi connectivity index (χ3n) is 2.22. The standard InChI is InChI=1S/C14H14F2I2O5S/c1-13(2,3)23-10(19)6-22-11-8(17)4-7(5-9(11)18)24-14(15,16)12(20)21/h4-5H,6H2,1-3H3,(H,20,21). The number of halogens is 4. The first kappa shape index (κ1) is 21.7. The predicted molar refractivity (Wildman–Crippen MR) is 102 cm³/mol. The van der Waals surface area contributed by atoms with Gasteiger partial charge in [-0.3, -0.25) is 0 Å². The molecule has 0 aliphatic heterocycles. The van der Waals surface area contributed by atoms with Gasteiger partial charge < -0.3 is 14.6 Å². The number of alkyl halides is 2. The van der Waals surface area contributed by atoms with E-state index in [2.05, 4.69) is 0 Å². The Kier molecular flexibility index (Phi) is 7.53. The van der Waals surface area contributed by atoms with Gasteiger partial charge in [-0.1, -0.05) is 0 Å². The molecule has 0 amide bonds. The van der Waals surface area contributed by atoms with E-state index in [1.165, 1.54) is 12.1 Å². The fourth-order valence-electron chi connectivity index (χ4n) is 1.43. The lowest BCUT2D eigenvalue weighted by molar-refractivity contribution is -0.157. The lowest BCUT2D eigenvalue weighted by atomic mass is 10.2. The lowest BCUT2D eigenvalue weighted by Crippen LogP contribution is -2.27. The molecular weight excluding hydrogens is 572 g/mol. The largest absolute Gasteiger partial charge is 0.480 e. The monoisotopic (exact) mass is 586 g/mol. The van der Waals surface area contributed by atoms with E-state index in [0.29, 0.717) is 12.9 Å². The highest BCUT2D eigenvalue weighted by atomic mass is 127. The maximum atomic E-state index is 13.3. The molecule has 0 fully saturated rings. The molecule has 5 nitrogen and oxygen atoms in total. The molecule has 24 heavy (non-hydrogen) atoms. The minimum Gasteiger partial charge on any atom is -0.480 e. The molecule has 0 aliphatic carbocycles. The van der Waals surface area contributed by atoms with Gasteiger partial charge in [-0.05, 0) is 89.8 Å². The van der Waals surface area contributed by atoms with Crippen molar-refractivity contribution in [2.24, 2.45) is 0 Å². The number of hydrogen-bond acceptors (Lipinski definition) is 5. The minimum absolute atomic E-state index is 0.0664. The Bertz CT molecular complexity index is 624. The summed E-state index contributed by atoms with van der Waals surface area (Å²) in [6.45, 7) is 4.87. The van der Waals surface area contributed by atoms with Crippen molar-refractivity contribution in [3.05, 3.63) is 19.3 Å². The lowest BCUT2D eigenvalue weighted by Gasteiger charge is -2.20. The van der Waals surface area contributed by atoms with E-state index in [-0.39, 0.29) is 23.3 Å². The number of ether oxygens (including phenoxy) is 2.